The summed E-state index contributed by atoms with van der Waals surface area (Å²) in [6.07, 6.45) is 0. The van der Waals surface area contributed by atoms with Crippen molar-refractivity contribution in [2.24, 2.45) is 0 Å². The summed E-state index contributed by atoms with van der Waals surface area (Å²) in [7, 11) is 0. The van der Waals surface area contributed by atoms with Crippen molar-refractivity contribution < 1.29 is 14.3 Å². The van der Waals surface area contributed by atoms with Crippen LogP contribution in [0.15, 0.2) is 53.6 Å². The molecule has 1 aromatic heterocycles. The second-order valence-corrected chi connectivity index (χ2v) is 5.55. The second kappa shape index (κ2) is 6.11. The fraction of sp³-hybridized carbons (Fsp3) is 0.0625. The van der Waals surface area contributed by atoms with E-state index in [1.165, 1.54) is 12.1 Å². The molecule has 0 aliphatic heterocycles. The zero-order valence-corrected chi connectivity index (χ0v) is 12.2. The van der Waals surface area contributed by atoms with Crippen LogP contribution in [0.1, 0.15) is 0 Å². The maximum absolute atomic E-state index is 13.1. The number of carboxylic acid groups (broad SMARTS) is 1. The summed E-state index contributed by atoms with van der Waals surface area (Å²) in [5, 5.41) is 19.4. The van der Waals surface area contributed by atoms with Crippen molar-refractivity contribution in [3.63, 3.8) is 0 Å². The summed E-state index contributed by atoms with van der Waals surface area (Å²) in [4.78, 5) is 10.7. The van der Waals surface area contributed by atoms with Crippen molar-refractivity contribution in [2.45, 2.75) is 5.03 Å². The summed E-state index contributed by atoms with van der Waals surface area (Å²) in [5.41, 5.74) is 1.41. The van der Waals surface area contributed by atoms with Crippen LogP contribution in [0.2, 0.25) is 0 Å². The second-order valence-electron chi connectivity index (χ2n) is 4.59. The first-order valence-electron chi connectivity index (χ1n) is 6.51. The maximum atomic E-state index is 13.1. The molecule has 0 spiro atoms. The molecule has 0 aliphatic carbocycles. The molecule has 0 saturated heterocycles. The van der Waals surface area contributed by atoms with Gasteiger partial charge in [0.2, 0.25) is 0 Å². The molecule has 0 unspecified atom stereocenters. The quantitative estimate of drug-likeness (QED) is 0.745. The predicted molar refractivity (Wildman–Crippen MR) is 83.3 cm³/mol. The van der Waals surface area contributed by atoms with Crippen molar-refractivity contribution in [1.82, 2.24) is 10.2 Å². The number of carbonyl (C=O) groups is 1. The predicted octanol–water partition coefficient (Wildman–Crippen LogP) is 3.61. The minimum atomic E-state index is -0.904. The highest BCUT2D eigenvalue weighted by atomic mass is 32.2. The molecule has 3 aromatic rings. The average molecular weight is 314 g/mol. The SMILES string of the molecule is O=C(O)CSc1nnc(-c2ccc(F)cc2)c2ccccc12. The summed E-state index contributed by atoms with van der Waals surface area (Å²) in [6, 6.07) is 13.6. The summed E-state index contributed by atoms with van der Waals surface area (Å²) in [6.45, 7) is 0. The number of hydrogen-bond acceptors (Lipinski definition) is 4. The number of nitrogens with zero attached hydrogens (tertiary/aromatic N) is 2. The minimum absolute atomic E-state index is 0.0748. The van der Waals surface area contributed by atoms with Crippen LogP contribution in [0.25, 0.3) is 22.0 Å². The van der Waals surface area contributed by atoms with E-state index >= 15 is 0 Å². The third kappa shape index (κ3) is 2.92. The lowest BCUT2D eigenvalue weighted by atomic mass is 10.1. The number of aromatic nitrogens is 2. The molecule has 4 nitrogen and oxygen atoms in total. The minimum Gasteiger partial charge on any atom is -0.481 e. The Morgan fingerprint density at radius 2 is 1.73 bits per heavy atom. The summed E-state index contributed by atoms with van der Waals surface area (Å²) < 4.78 is 13.1. The Hall–Kier alpha value is -2.47. The van der Waals surface area contributed by atoms with E-state index < -0.39 is 5.97 Å². The molecule has 22 heavy (non-hydrogen) atoms. The first-order chi connectivity index (χ1) is 10.6. The van der Waals surface area contributed by atoms with E-state index in [4.69, 9.17) is 5.11 Å². The molecule has 110 valence electrons. The van der Waals surface area contributed by atoms with E-state index in [2.05, 4.69) is 10.2 Å². The Kier molecular flexibility index (Phi) is 4.02. The molecule has 0 bridgehead atoms. The summed E-state index contributed by atoms with van der Waals surface area (Å²) in [5.74, 6) is -1.29. The van der Waals surface area contributed by atoms with Gasteiger partial charge in [-0.2, -0.15) is 0 Å². The van der Waals surface area contributed by atoms with Gasteiger partial charge in [-0.25, -0.2) is 4.39 Å². The van der Waals surface area contributed by atoms with E-state index in [-0.39, 0.29) is 11.6 Å². The molecule has 3 rings (SSSR count). The lowest BCUT2D eigenvalue weighted by Gasteiger charge is -2.08. The highest BCUT2D eigenvalue weighted by Gasteiger charge is 2.12. The van der Waals surface area contributed by atoms with Gasteiger partial charge in [0.1, 0.15) is 16.5 Å². The fourth-order valence-corrected chi connectivity index (χ4v) is 2.83. The normalized spacial score (nSPS) is 10.8. The molecule has 0 atom stereocenters. The molecule has 2 aromatic carbocycles. The van der Waals surface area contributed by atoms with E-state index in [1.807, 2.05) is 24.3 Å². The number of hydrogen-bond donors (Lipinski definition) is 1. The molecule has 0 saturated carbocycles. The van der Waals surface area contributed by atoms with E-state index in [9.17, 15) is 9.18 Å². The lowest BCUT2D eigenvalue weighted by Crippen LogP contribution is -2.00. The van der Waals surface area contributed by atoms with Gasteiger partial charge in [-0.1, -0.05) is 36.0 Å². The zero-order valence-electron chi connectivity index (χ0n) is 11.4. The van der Waals surface area contributed by atoms with Crippen molar-refractivity contribution in [1.29, 1.82) is 0 Å². The van der Waals surface area contributed by atoms with E-state index in [1.54, 1.807) is 12.1 Å². The van der Waals surface area contributed by atoms with Crippen LogP contribution in [0.3, 0.4) is 0 Å². The molecule has 0 radical (unpaired) electrons. The molecule has 1 heterocycles. The zero-order chi connectivity index (χ0) is 15.5. The number of thioether (sulfide) groups is 1. The average Bonchev–Trinajstić information content (AvgIpc) is 2.53. The number of rotatable bonds is 4. The van der Waals surface area contributed by atoms with Gasteiger partial charge < -0.3 is 5.11 Å². The van der Waals surface area contributed by atoms with Gasteiger partial charge in [0.05, 0.1) is 5.75 Å². The molecular weight excluding hydrogens is 303 g/mol. The number of fused-ring (bicyclic) bond motifs is 1. The number of halogens is 1. The van der Waals surface area contributed by atoms with Crippen LogP contribution in [-0.4, -0.2) is 27.0 Å². The van der Waals surface area contributed by atoms with Gasteiger partial charge in [0.25, 0.3) is 0 Å². The highest BCUT2D eigenvalue weighted by Crippen LogP contribution is 2.31. The van der Waals surface area contributed by atoms with E-state index in [0.29, 0.717) is 10.7 Å². The van der Waals surface area contributed by atoms with Crippen LogP contribution >= 0.6 is 11.8 Å². The molecule has 0 amide bonds. The van der Waals surface area contributed by atoms with Gasteiger partial charge in [0.15, 0.2) is 0 Å². The van der Waals surface area contributed by atoms with Gasteiger partial charge >= 0.3 is 5.97 Å². The Labute approximate surface area is 130 Å². The Morgan fingerprint density at radius 3 is 2.41 bits per heavy atom. The molecule has 6 heteroatoms. The maximum Gasteiger partial charge on any atom is 0.313 e. The third-order valence-corrected chi connectivity index (χ3v) is 4.07. The van der Waals surface area contributed by atoms with Crippen molar-refractivity contribution >= 4 is 28.5 Å². The first kappa shape index (κ1) is 14.5. The smallest absolute Gasteiger partial charge is 0.313 e. The van der Waals surface area contributed by atoms with Crippen LogP contribution < -0.4 is 0 Å². The Bertz CT molecular complexity index is 837. The fourth-order valence-electron chi connectivity index (χ4n) is 2.14. The standard InChI is InChI=1S/C16H11FN2O2S/c17-11-7-5-10(6-8-11)15-12-3-1-2-4-13(12)16(19-18-15)22-9-14(20)21/h1-8H,9H2,(H,20,21). The molecule has 1 N–H and O–H groups in total. The molecule has 0 fully saturated rings. The lowest BCUT2D eigenvalue weighted by molar-refractivity contribution is -0.133. The van der Waals surface area contributed by atoms with Gasteiger partial charge in [-0.15, -0.1) is 10.2 Å². The summed E-state index contributed by atoms with van der Waals surface area (Å²) >= 11 is 1.13. The van der Waals surface area contributed by atoms with Crippen molar-refractivity contribution in [3.05, 3.63) is 54.3 Å². The topological polar surface area (TPSA) is 63.1 Å². The van der Waals surface area contributed by atoms with Crippen LogP contribution in [-0.2, 0) is 4.79 Å². The number of aliphatic carboxylic acids is 1. The van der Waals surface area contributed by atoms with Crippen molar-refractivity contribution in [2.75, 3.05) is 5.75 Å². The third-order valence-electron chi connectivity index (χ3n) is 3.10. The van der Waals surface area contributed by atoms with Crippen molar-refractivity contribution in [3.8, 4) is 11.3 Å². The monoisotopic (exact) mass is 314 g/mol. The van der Waals surface area contributed by atoms with Gasteiger partial charge in [-0.05, 0) is 24.3 Å². The largest absolute Gasteiger partial charge is 0.481 e. The van der Waals surface area contributed by atoms with Crippen LogP contribution in [0, 0.1) is 5.82 Å². The molecular formula is C16H11FN2O2S. The Morgan fingerprint density at radius 1 is 1.05 bits per heavy atom. The van der Waals surface area contributed by atoms with Crippen LogP contribution in [0.4, 0.5) is 4.39 Å². The van der Waals surface area contributed by atoms with Gasteiger partial charge in [-0.3, -0.25) is 4.79 Å². The molecule has 0 aliphatic rings. The number of carboxylic acids is 1. The highest BCUT2D eigenvalue weighted by molar-refractivity contribution is 8.00. The number of benzene rings is 2. The van der Waals surface area contributed by atoms with E-state index in [0.717, 1.165) is 28.1 Å². The first-order valence-corrected chi connectivity index (χ1v) is 7.49. The van der Waals surface area contributed by atoms with Crippen LogP contribution in [0.5, 0.6) is 0 Å². The Balaban J connectivity index is 2.11. The van der Waals surface area contributed by atoms with Gasteiger partial charge in [0, 0.05) is 16.3 Å².